The van der Waals surface area contributed by atoms with Crippen molar-refractivity contribution in [3.8, 4) is 56.7 Å². The summed E-state index contributed by atoms with van der Waals surface area (Å²) in [5.74, 6) is 1.99. The molecule has 0 atom stereocenters. The molecule has 0 fully saturated rings. The Morgan fingerprint density at radius 2 is 0.794 bits per heavy atom. The van der Waals surface area contributed by atoms with Gasteiger partial charge in [0, 0.05) is 69.8 Å². The molecule has 0 amide bonds. The molecule has 9 aromatic carbocycles. The van der Waals surface area contributed by atoms with Crippen molar-refractivity contribution in [2.45, 2.75) is 0 Å². The molecule has 0 aliphatic heterocycles. The fraction of sp³-hybridized carbons (Fsp3) is 0. The van der Waals surface area contributed by atoms with Crippen LogP contribution in [0.3, 0.4) is 0 Å². The summed E-state index contributed by atoms with van der Waals surface area (Å²) in [6, 6.07) is 75.7. The topological polar surface area (TPSA) is 48.5 Å². The van der Waals surface area contributed by atoms with Crippen LogP contribution in [0.15, 0.2) is 212 Å². The molecule has 63 heavy (non-hydrogen) atoms. The van der Waals surface area contributed by atoms with Crippen molar-refractivity contribution in [2.24, 2.45) is 0 Å². The van der Waals surface area contributed by atoms with Gasteiger partial charge in [0.15, 0.2) is 17.5 Å². The van der Waals surface area contributed by atoms with Crippen LogP contribution in [0, 0.1) is 0 Å². The van der Waals surface area contributed by atoms with Crippen molar-refractivity contribution in [1.29, 1.82) is 0 Å². The van der Waals surface area contributed by atoms with Crippen LogP contribution >= 0.6 is 11.3 Å². The molecular formula is C57H35N5S. The van der Waals surface area contributed by atoms with Gasteiger partial charge in [0.25, 0.3) is 0 Å². The number of hydrogen-bond acceptors (Lipinski definition) is 4. The minimum absolute atomic E-state index is 0.660. The predicted molar refractivity (Wildman–Crippen MR) is 263 cm³/mol. The Bertz CT molecular complexity index is 3850. The zero-order valence-electron chi connectivity index (χ0n) is 33.9. The maximum Gasteiger partial charge on any atom is 0.165 e. The molecule has 0 N–H and O–H groups in total. The Morgan fingerprint density at radius 3 is 1.46 bits per heavy atom. The molecule has 0 unspecified atom stereocenters. The summed E-state index contributed by atoms with van der Waals surface area (Å²) >= 11 is 1.79. The average molecular weight is 822 g/mol. The standard InChI is InChI=1S/C57H35N5S/c1-4-15-36(16-5-1)55-58-56(37-17-6-2-7-18-37)60-57(59-55)45-24-14-23-44-48-34-39(28-32-53(48)63-54(44)45)38-27-30-51-46(33-38)42-21-10-13-26-50(42)62(51)41-29-31-52-47(35-41)43-22-11-12-25-49(43)61(52)40-19-8-3-9-20-40/h1-35H. The molecule has 294 valence electrons. The van der Waals surface area contributed by atoms with E-state index >= 15 is 0 Å². The summed E-state index contributed by atoms with van der Waals surface area (Å²) in [4.78, 5) is 15.1. The van der Waals surface area contributed by atoms with Crippen LogP contribution in [0.4, 0.5) is 0 Å². The Balaban J connectivity index is 0.935. The van der Waals surface area contributed by atoms with E-state index in [2.05, 4.69) is 185 Å². The van der Waals surface area contributed by atoms with Gasteiger partial charge in [-0.05, 0) is 83.9 Å². The zero-order valence-corrected chi connectivity index (χ0v) is 34.7. The van der Waals surface area contributed by atoms with Crippen molar-refractivity contribution >= 4 is 75.1 Å². The highest BCUT2D eigenvalue weighted by molar-refractivity contribution is 7.26. The molecular weight excluding hydrogens is 787 g/mol. The lowest BCUT2D eigenvalue weighted by Gasteiger charge is -2.10. The molecule has 4 heterocycles. The van der Waals surface area contributed by atoms with Crippen molar-refractivity contribution < 1.29 is 0 Å². The highest BCUT2D eigenvalue weighted by Gasteiger charge is 2.19. The number of para-hydroxylation sites is 3. The first-order valence-corrected chi connectivity index (χ1v) is 22.0. The molecule has 0 radical (unpaired) electrons. The largest absolute Gasteiger partial charge is 0.309 e. The Hall–Kier alpha value is -8.19. The van der Waals surface area contributed by atoms with Crippen LogP contribution in [0.25, 0.3) is 120 Å². The maximum atomic E-state index is 5.09. The Morgan fingerprint density at radius 1 is 0.302 bits per heavy atom. The lowest BCUT2D eigenvalue weighted by Crippen LogP contribution is -2.00. The predicted octanol–water partition coefficient (Wildman–Crippen LogP) is 15.1. The van der Waals surface area contributed by atoms with Crippen LogP contribution in [0.1, 0.15) is 0 Å². The van der Waals surface area contributed by atoms with Gasteiger partial charge in [0.05, 0.1) is 22.1 Å². The van der Waals surface area contributed by atoms with Crippen molar-refractivity contribution in [3.05, 3.63) is 212 Å². The van der Waals surface area contributed by atoms with Crippen LogP contribution in [0.5, 0.6) is 0 Å². The highest BCUT2D eigenvalue weighted by Crippen LogP contribution is 2.43. The second-order valence-electron chi connectivity index (χ2n) is 16.0. The van der Waals surface area contributed by atoms with E-state index in [9.17, 15) is 0 Å². The monoisotopic (exact) mass is 821 g/mol. The van der Waals surface area contributed by atoms with Gasteiger partial charge in [-0.1, -0.05) is 140 Å². The van der Waals surface area contributed by atoms with E-state index in [1.165, 1.54) is 70.2 Å². The van der Waals surface area contributed by atoms with Crippen LogP contribution in [-0.4, -0.2) is 24.1 Å². The van der Waals surface area contributed by atoms with E-state index in [-0.39, 0.29) is 0 Å². The summed E-state index contributed by atoms with van der Waals surface area (Å²) in [5, 5.41) is 7.35. The van der Waals surface area contributed by atoms with Gasteiger partial charge in [0.2, 0.25) is 0 Å². The number of benzene rings is 9. The number of nitrogens with zero attached hydrogens (tertiary/aromatic N) is 5. The number of rotatable bonds is 6. The van der Waals surface area contributed by atoms with Gasteiger partial charge in [-0.3, -0.25) is 0 Å². The molecule has 0 saturated carbocycles. The lowest BCUT2D eigenvalue weighted by molar-refractivity contribution is 1.08. The van der Waals surface area contributed by atoms with Crippen molar-refractivity contribution in [2.75, 3.05) is 0 Å². The van der Waals surface area contributed by atoms with E-state index in [0.717, 1.165) is 32.8 Å². The van der Waals surface area contributed by atoms with E-state index < -0.39 is 0 Å². The lowest BCUT2D eigenvalue weighted by atomic mass is 10.00. The number of hydrogen-bond donors (Lipinski definition) is 0. The molecule has 0 saturated heterocycles. The summed E-state index contributed by atoms with van der Waals surface area (Å²) in [5.41, 5.74) is 12.3. The summed E-state index contributed by atoms with van der Waals surface area (Å²) in [6.07, 6.45) is 0. The summed E-state index contributed by atoms with van der Waals surface area (Å²) in [6.45, 7) is 0. The van der Waals surface area contributed by atoms with Gasteiger partial charge in [0.1, 0.15) is 0 Å². The SMILES string of the molecule is c1ccc(-c2nc(-c3ccccc3)nc(-c3cccc4c3sc3ccc(-c5ccc6c(c5)c5ccccc5n6-c5ccc6c(c5)c5ccccc5n6-c5ccccc5)cc34)n2)cc1. The smallest absolute Gasteiger partial charge is 0.165 e. The zero-order chi connectivity index (χ0) is 41.4. The van der Waals surface area contributed by atoms with E-state index in [4.69, 9.17) is 15.0 Å². The first-order valence-electron chi connectivity index (χ1n) is 21.2. The van der Waals surface area contributed by atoms with Gasteiger partial charge in [-0.2, -0.15) is 0 Å². The molecule has 0 bridgehead atoms. The van der Waals surface area contributed by atoms with E-state index in [1.807, 2.05) is 36.4 Å². The minimum Gasteiger partial charge on any atom is -0.309 e. The molecule has 6 heteroatoms. The molecule has 5 nitrogen and oxygen atoms in total. The third kappa shape index (κ3) is 5.73. The Labute approximate surface area is 366 Å². The fourth-order valence-electron chi connectivity index (χ4n) is 9.47. The minimum atomic E-state index is 0.660. The fourth-order valence-corrected chi connectivity index (χ4v) is 10.7. The van der Waals surface area contributed by atoms with Crippen LogP contribution < -0.4 is 0 Å². The molecule has 13 rings (SSSR count). The van der Waals surface area contributed by atoms with Gasteiger partial charge >= 0.3 is 0 Å². The van der Waals surface area contributed by atoms with Crippen molar-refractivity contribution in [3.63, 3.8) is 0 Å². The molecule has 13 aromatic rings. The quantitative estimate of drug-likeness (QED) is 0.168. The number of aromatic nitrogens is 5. The first-order chi connectivity index (χ1) is 31.2. The molecule has 0 aliphatic carbocycles. The summed E-state index contributed by atoms with van der Waals surface area (Å²) in [7, 11) is 0. The third-order valence-corrected chi connectivity index (χ3v) is 13.6. The van der Waals surface area contributed by atoms with Crippen LogP contribution in [-0.2, 0) is 0 Å². The number of fused-ring (bicyclic) bond motifs is 9. The number of thiophene rings is 1. The average Bonchev–Trinajstić information content (AvgIpc) is 4.01. The van der Waals surface area contributed by atoms with Gasteiger partial charge < -0.3 is 9.13 Å². The van der Waals surface area contributed by atoms with E-state index in [0.29, 0.717) is 17.5 Å². The summed E-state index contributed by atoms with van der Waals surface area (Å²) < 4.78 is 7.18. The van der Waals surface area contributed by atoms with Gasteiger partial charge in [-0.25, -0.2) is 15.0 Å². The van der Waals surface area contributed by atoms with Crippen LogP contribution in [0.2, 0.25) is 0 Å². The normalized spacial score (nSPS) is 11.8. The van der Waals surface area contributed by atoms with Gasteiger partial charge in [-0.15, -0.1) is 11.3 Å². The Kier molecular flexibility index (Phi) is 8.01. The van der Waals surface area contributed by atoms with E-state index in [1.54, 1.807) is 11.3 Å². The third-order valence-electron chi connectivity index (χ3n) is 12.4. The second-order valence-corrected chi connectivity index (χ2v) is 17.1. The maximum absolute atomic E-state index is 5.09. The molecule has 0 spiro atoms. The molecule has 4 aromatic heterocycles. The van der Waals surface area contributed by atoms with Crippen molar-refractivity contribution in [1.82, 2.24) is 24.1 Å². The first kappa shape index (κ1) is 35.6. The highest BCUT2D eigenvalue weighted by atomic mass is 32.1. The molecule has 0 aliphatic rings. The second kappa shape index (κ2) is 14.2.